The molecular formula is C21H29N3O4. The summed E-state index contributed by atoms with van der Waals surface area (Å²) in [5, 5.41) is 2.88. The summed E-state index contributed by atoms with van der Waals surface area (Å²) in [5.74, 6) is 0.344. The molecule has 28 heavy (non-hydrogen) atoms. The fraction of sp³-hybridized carbons (Fsp3) is 0.571. The van der Waals surface area contributed by atoms with Crippen molar-refractivity contribution >= 4 is 17.8 Å². The van der Waals surface area contributed by atoms with Crippen molar-refractivity contribution in [3.63, 3.8) is 0 Å². The van der Waals surface area contributed by atoms with Crippen LogP contribution in [0.5, 0.6) is 5.75 Å². The fourth-order valence-corrected chi connectivity index (χ4v) is 4.11. The number of likely N-dealkylation sites (N-methyl/N-ethyl adjacent to an activating group) is 1. The summed E-state index contributed by atoms with van der Waals surface area (Å²) in [6, 6.07) is 7.08. The van der Waals surface area contributed by atoms with Gasteiger partial charge in [-0.25, -0.2) is 4.79 Å². The van der Waals surface area contributed by atoms with Gasteiger partial charge in [0.2, 0.25) is 5.91 Å². The van der Waals surface area contributed by atoms with Gasteiger partial charge in [-0.15, -0.1) is 0 Å². The van der Waals surface area contributed by atoms with E-state index in [1.807, 2.05) is 38.1 Å². The van der Waals surface area contributed by atoms with Crippen molar-refractivity contribution in [2.24, 2.45) is 5.92 Å². The summed E-state index contributed by atoms with van der Waals surface area (Å²) in [6.45, 7) is 4.70. The maximum atomic E-state index is 13.0. The van der Waals surface area contributed by atoms with Gasteiger partial charge in [0, 0.05) is 13.6 Å². The second-order valence-corrected chi connectivity index (χ2v) is 7.77. The zero-order valence-electron chi connectivity index (χ0n) is 16.9. The number of rotatable bonds is 6. The minimum atomic E-state index is -0.830. The van der Waals surface area contributed by atoms with E-state index in [9.17, 15) is 14.4 Å². The van der Waals surface area contributed by atoms with Crippen molar-refractivity contribution in [1.29, 1.82) is 0 Å². The zero-order chi connectivity index (χ0) is 20.3. The number of nitrogens with zero attached hydrogens (tertiary/aromatic N) is 2. The summed E-state index contributed by atoms with van der Waals surface area (Å²) in [7, 11) is 1.68. The number of benzene rings is 1. The zero-order valence-corrected chi connectivity index (χ0v) is 16.9. The Hall–Kier alpha value is -2.57. The highest BCUT2D eigenvalue weighted by atomic mass is 16.5. The normalized spacial score (nSPS) is 24.4. The van der Waals surface area contributed by atoms with Gasteiger partial charge in [0.15, 0.2) is 0 Å². The molecule has 7 nitrogen and oxygen atoms in total. The Morgan fingerprint density at radius 1 is 1.29 bits per heavy atom. The number of hydrogen-bond donors (Lipinski definition) is 1. The monoisotopic (exact) mass is 387 g/mol. The quantitative estimate of drug-likeness (QED) is 0.761. The molecule has 2 fully saturated rings. The molecule has 0 unspecified atom stereocenters. The van der Waals surface area contributed by atoms with E-state index in [-0.39, 0.29) is 24.3 Å². The first-order valence-electron chi connectivity index (χ1n) is 9.97. The molecule has 0 radical (unpaired) electrons. The third kappa shape index (κ3) is 3.84. The molecular weight excluding hydrogens is 358 g/mol. The highest BCUT2D eigenvalue weighted by molar-refractivity contribution is 6.09. The average Bonchev–Trinajstić information content (AvgIpc) is 2.91. The third-order valence-corrected chi connectivity index (χ3v) is 5.87. The summed E-state index contributed by atoms with van der Waals surface area (Å²) in [5.41, 5.74) is 0.123. The number of urea groups is 1. The van der Waals surface area contributed by atoms with E-state index in [4.69, 9.17) is 4.74 Å². The second-order valence-electron chi connectivity index (χ2n) is 7.77. The Labute approximate surface area is 166 Å². The van der Waals surface area contributed by atoms with Crippen LogP contribution in [-0.2, 0) is 16.1 Å². The lowest BCUT2D eigenvalue weighted by Crippen LogP contribution is -2.54. The highest BCUT2D eigenvalue weighted by Gasteiger charge is 2.55. The van der Waals surface area contributed by atoms with E-state index in [0.717, 1.165) is 35.5 Å². The fourth-order valence-electron chi connectivity index (χ4n) is 4.11. The number of carbonyl (C=O) groups is 3. The van der Waals surface area contributed by atoms with Gasteiger partial charge < -0.3 is 15.0 Å². The molecule has 3 rings (SSSR count). The van der Waals surface area contributed by atoms with Gasteiger partial charge in [-0.05, 0) is 43.4 Å². The van der Waals surface area contributed by atoms with Gasteiger partial charge in [0.05, 0.1) is 6.61 Å². The number of hydrogen-bond acceptors (Lipinski definition) is 4. The number of nitrogens with one attached hydrogen (secondary N) is 1. The molecule has 1 saturated carbocycles. The first-order valence-corrected chi connectivity index (χ1v) is 9.97. The SMILES string of the molecule is CCOc1ccc(CN(C)C(=O)CN2C(=O)N[C@]3(CCCC[C@@H]3C)C2=O)cc1. The minimum Gasteiger partial charge on any atom is -0.494 e. The van der Waals surface area contributed by atoms with Gasteiger partial charge in [-0.1, -0.05) is 31.9 Å². The molecule has 1 aromatic carbocycles. The van der Waals surface area contributed by atoms with E-state index >= 15 is 0 Å². The molecule has 7 heteroatoms. The molecule has 0 aromatic heterocycles. The van der Waals surface area contributed by atoms with E-state index in [2.05, 4.69) is 5.32 Å². The van der Waals surface area contributed by atoms with Gasteiger partial charge in [0.25, 0.3) is 5.91 Å². The Balaban J connectivity index is 1.62. The molecule has 1 aliphatic carbocycles. The van der Waals surface area contributed by atoms with Crippen LogP contribution in [0.2, 0.25) is 0 Å². The third-order valence-electron chi connectivity index (χ3n) is 5.87. The van der Waals surface area contributed by atoms with E-state index in [0.29, 0.717) is 19.6 Å². The van der Waals surface area contributed by atoms with Gasteiger partial charge >= 0.3 is 6.03 Å². The van der Waals surface area contributed by atoms with Crippen LogP contribution >= 0.6 is 0 Å². The van der Waals surface area contributed by atoms with Crippen molar-refractivity contribution < 1.29 is 19.1 Å². The van der Waals surface area contributed by atoms with Crippen LogP contribution in [-0.4, -0.2) is 53.4 Å². The van der Waals surface area contributed by atoms with Crippen LogP contribution in [0, 0.1) is 5.92 Å². The van der Waals surface area contributed by atoms with E-state index < -0.39 is 11.6 Å². The molecule has 1 saturated heterocycles. The highest BCUT2D eigenvalue weighted by Crippen LogP contribution is 2.38. The number of ether oxygens (including phenoxy) is 1. The standard InChI is InChI=1S/C21H29N3O4/c1-4-28-17-10-8-16(9-11-17)13-23(3)18(25)14-24-19(26)21(22-20(24)27)12-6-5-7-15(21)2/h8-11,15H,4-7,12-14H2,1-3H3,(H,22,27)/t15-,21-/m0/s1. The topological polar surface area (TPSA) is 79.0 Å². The molecule has 2 atom stereocenters. The van der Waals surface area contributed by atoms with Crippen molar-refractivity contribution in [2.75, 3.05) is 20.2 Å². The van der Waals surface area contributed by atoms with Gasteiger partial charge in [0.1, 0.15) is 17.8 Å². The summed E-state index contributed by atoms with van der Waals surface area (Å²) in [4.78, 5) is 40.7. The Morgan fingerprint density at radius 2 is 2.00 bits per heavy atom. The molecule has 1 spiro atoms. The Bertz CT molecular complexity index is 749. The van der Waals surface area contributed by atoms with Crippen LogP contribution in [0.4, 0.5) is 4.79 Å². The Kier molecular flexibility index (Phi) is 5.91. The van der Waals surface area contributed by atoms with Crippen LogP contribution in [0.3, 0.4) is 0 Å². The number of carbonyl (C=O) groups excluding carboxylic acids is 3. The van der Waals surface area contributed by atoms with Gasteiger partial charge in [-0.3, -0.25) is 14.5 Å². The van der Waals surface area contributed by atoms with Crippen LogP contribution in [0.1, 0.15) is 45.1 Å². The smallest absolute Gasteiger partial charge is 0.325 e. The van der Waals surface area contributed by atoms with E-state index in [1.165, 1.54) is 4.90 Å². The summed E-state index contributed by atoms with van der Waals surface area (Å²) >= 11 is 0. The molecule has 2 aliphatic rings. The molecule has 1 N–H and O–H groups in total. The summed E-state index contributed by atoms with van der Waals surface area (Å²) < 4.78 is 5.42. The number of amides is 4. The van der Waals surface area contributed by atoms with Gasteiger partial charge in [-0.2, -0.15) is 0 Å². The maximum absolute atomic E-state index is 13.0. The lowest BCUT2D eigenvalue weighted by molar-refractivity contribution is -0.140. The minimum absolute atomic E-state index is 0.0828. The maximum Gasteiger partial charge on any atom is 0.325 e. The predicted molar refractivity (Wildman–Crippen MR) is 105 cm³/mol. The predicted octanol–water partition coefficient (Wildman–Crippen LogP) is 2.54. The first-order chi connectivity index (χ1) is 13.4. The summed E-state index contributed by atoms with van der Waals surface area (Å²) in [6.07, 6.45) is 3.53. The van der Waals surface area contributed by atoms with Crippen LogP contribution in [0.15, 0.2) is 24.3 Å². The molecule has 1 aromatic rings. The average molecular weight is 387 g/mol. The molecule has 1 heterocycles. The molecule has 4 amide bonds. The van der Waals surface area contributed by atoms with E-state index in [1.54, 1.807) is 7.05 Å². The van der Waals surface area contributed by atoms with Crippen molar-refractivity contribution in [3.05, 3.63) is 29.8 Å². The first kappa shape index (κ1) is 20.2. The largest absolute Gasteiger partial charge is 0.494 e. The van der Waals surface area contributed by atoms with Crippen molar-refractivity contribution in [2.45, 2.75) is 51.6 Å². The molecule has 152 valence electrons. The Morgan fingerprint density at radius 3 is 2.64 bits per heavy atom. The lowest BCUT2D eigenvalue weighted by Gasteiger charge is -2.36. The van der Waals surface area contributed by atoms with Crippen LogP contribution in [0.25, 0.3) is 0 Å². The number of imide groups is 1. The molecule has 1 aliphatic heterocycles. The van der Waals surface area contributed by atoms with Crippen LogP contribution < -0.4 is 10.1 Å². The second kappa shape index (κ2) is 8.20. The lowest BCUT2D eigenvalue weighted by atomic mass is 9.73. The molecule has 0 bridgehead atoms. The van der Waals surface area contributed by atoms with Crippen molar-refractivity contribution in [1.82, 2.24) is 15.1 Å². The van der Waals surface area contributed by atoms with Crippen molar-refractivity contribution in [3.8, 4) is 5.75 Å².